The Morgan fingerprint density at radius 3 is 1.62 bits per heavy atom. The van der Waals surface area contributed by atoms with Crippen LogP contribution in [0.5, 0.6) is 0 Å². The first-order chi connectivity index (χ1) is 11.9. The molecule has 0 radical (unpaired) electrons. The van der Waals surface area contributed by atoms with E-state index >= 15 is 0 Å². The monoisotopic (exact) mass is 336 g/mol. The highest BCUT2D eigenvalue weighted by Crippen LogP contribution is 2.52. The topological polar surface area (TPSA) is 36.9 Å². The van der Waals surface area contributed by atoms with Crippen molar-refractivity contribution in [2.45, 2.75) is 63.9 Å². The molecule has 2 aliphatic heterocycles. The fourth-order valence-electron chi connectivity index (χ4n) is 4.95. The number of hydrogen-bond acceptors (Lipinski definition) is 4. The summed E-state index contributed by atoms with van der Waals surface area (Å²) in [7, 11) is 0. The molecule has 0 spiro atoms. The van der Waals surface area contributed by atoms with Gasteiger partial charge in [-0.2, -0.15) is 0 Å². The van der Waals surface area contributed by atoms with E-state index in [0.29, 0.717) is 23.7 Å². The van der Waals surface area contributed by atoms with E-state index in [1.165, 1.54) is 38.5 Å². The highest BCUT2D eigenvalue weighted by molar-refractivity contribution is 5.06. The van der Waals surface area contributed by atoms with Crippen molar-refractivity contribution in [1.29, 1.82) is 0 Å². The molecule has 136 valence electrons. The third-order valence-electron chi connectivity index (χ3n) is 6.41. The summed E-state index contributed by atoms with van der Waals surface area (Å²) in [6.07, 6.45) is 14.1. The minimum Gasteiger partial charge on any atom is -0.353 e. The average molecular weight is 336 g/mol. The Morgan fingerprint density at radius 1 is 0.708 bits per heavy atom. The van der Waals surface area contributed by atoms with Gasteiger partial charge in [-0.15, -0.1) is 0 Å². The van der Waals surface area contributed by atoms with Gasteiger partial charge in [-0.1, -0.05) is 12.2 Å². The first-order valence-electron chi connectivity index (χ1n) is 10.0. The quantitative estimate of drug-likeness (QED) is 0.689. The van der Waals surface area contributed by atoms with E-state index in [4.69, 9.17) is 18.9 Å². The molecule has 2 unspecified atom stereocenters. The second kappa shape index (κ2) is 8.31. The predicted molar refractivity (Wildman–Crippen MR) is 91.4 cm³/mol. The van der Waals surface area contributed by atoms with Gasteiger partial charge in [-0.25, -0.2) is 0 Å². The van der Waals surface area contributed by atoms with Gasteiger partial charge in [0.15, 0.2) is 12.6 Å². The zero-order valence-corrected chi connectivity index (χ0v) is 14.7. The molecule has 24 heavy (non-hydrogen) atoms. The SMILES string of the molecule is C1=CCC2C(COC3CCCCO3)C(C1)C2COC1CCCCO1. The lowest BCUT2D eigenvalue weighted by molar-refractivity contribution is -0.212. The fourth-order valence-corrected chi connectivity index (χ4v) is 4.95. The van der Waals surface area contributed by atoms with Crippen LogP contribution in [-0.4, -0.2) is 39.0 Å². The molecule has 1 saturated carbocycles. The molecule has 4 nitrogen and oxygen atoms in total. The maximum absolute atomic E-state index is 6.11. The summed E-state index contributed by atoms with van der Waals surface area (Å²) >= 11 is 0. The summed E-state index contributed by atoms with van der Waals surface area (Å²) in [6, 6.07) is 0. The zero-order chi connectivity index (χ0) is 16.2. The molecule has 0 aromatic carbocycles. The van der Waals surface area contributed by atoms with Crippen molar-refractivity contribution in [3.8, 4) is 0 Å². The second-order valence-corrected chi connectivity index (χ2v) is 7.86. The number of allylic oxidation sites excluding steroid dienone is 2. The molecule has 2 heterocycles. The van der Waals surface area contributed by atoms with Crippen molar-refractivity contribution in [2.24, 2.45) is 23.7 Å². The number of rotatable bonds is 6. The van der Waals surface area contributed by atoms with E-state index in [1.54, 1.807) is 0 Å². The van der Waals surface area contributed by atoms with Crippen molar-refractivity contribution >= 4 is 0 Å². The van der Waals surface area contributed by atoms with Gasteiger partial charge >= 0.3 is 0 Å². The van der Waals surface area contributed by atoms with Crippen molar-refractivity contribution < 1.29 is 18.9 Å². The van der Waals surface area contributed by atoms with Gasteiger partial charge in [-0.05, 0) is 75.0 Å². The molecule has 5 rings (SSSR count). The fraction of sp³-hybridized carbons (Fsp3) is 0.900. The van der Waals surface area contributed by atoms with Crippen molar-refractivity contribution in [2.75, 3.05) is 26.4 Å². The minimum atomic E-state index is 0.0414. The predicted octanol–water partition coefficient (Wildman–Crippen LogP) is 3.90. The van der Waals surface area contributed by atoms with Gasteiger partial charge < -0.3 is 18.9 Å². The van der Waals surface area contributed by atoms with E-state index in [0.717, 1.165) is 39.3 Å². The van der Waals surface area contributed by atoms with Crippen LogP contribution < -0.4 is 0 Å². The summed E-state index contributed by atoms with van der Waals surface area (Å²) < 4.78 is 23.7. The van der Waals surface area contributed by atoms with Crippen LogP contribution in [0, 0.1) is 23.7 Å². The smallest absolute Gasteiger partial charge is 0.157 e. The van der Waals surface area contributed by atoms with Gasteiger partial charge in [0.25, 0.3) is 0 Å². The summed E-state index contributed by atoms with van der Waals surface area (Å²) in [5.41, 5.74) is 0. The molecule has 3 aliphatic carbocycles. The molecule has 0 aromatic heterocycles. The Hall–Kier alpha value is -0.420. The highest BCUT2D eigenvalue weighted by atomic mass is 16.7. The highest BCUT2D eigenvalue weighted by Gasteiger charge is 2.50. The van der Waals surface area contributed by atoms with Crippen molar-refractivity contribution in [1.82, 2.24) is 0 Å². The van der Waals surface area contributed by atoms with Gasteiger partial charge in [0.2, 0.25) is 0 Å². The van der Waals surface area contributed by atoms with Crippen LogP contribution in [-0.2, 0) is 18.9 Å². The summed E-state index contributed by atoms with van der Waals surface area (Å²) in [4.78, 5) is 0. The molecule has 0 amide bonds. The Balaban J connectivity index is 1.26. The lowest BCUT2D eigenvalue weighted by Gasteiger charge is -2.51. The molecular weight excluding hydrogens is 304 g/mol. The molecule has 3 fully saturated rings. The normalized spacial score (nSPS) is 42.3. The average Bonchev–Trinajstić information content (AvgIpc) is 2.98. The number of ether oxygens (including phenoxy) is 4. The summed E-state index contributed by atoms with van der Waals surface area (Å²) in [5.74, 6) is 2.76. The molecule has 2 atom stereocenters. The Morgan fingerprint density at radius 2 is 1.21 bits per heavy atom. The van der Waals surface area contributed by atoms with Crippen LogP contribution in [0.1, 0.15) is 51.4 Å². The van der Waals surface area contributed by atoms with Gasteiger partial charge in [0.1, 0.15) is 0 Å². The molecule has 0 aromatic rings. The van der Waals surface area contributed by atoms with Crippen LogP contribution in [0.15, 0.2) is 12.2 Å². The van der Waals surface area contributed by atoms with E-state index in [2.05, 4.69) is 12.2 Å². The molecular formula is C20H32O4. The zero-order valence-electron chi connectivity index (χ0n) is 14.7. The second-order valence-electron chi connectivity index (χ2n) is 7.86. The molecule has 0 N–H and O–H groups in total. The Bertz CT molecular complexity index is 366. The van der Waals surface area contributed by atoms with Gasteiger partial charge in [0.05, 0.1) is 13.2 Å². The first kappa shape index (κ1) is 17.0. The largest absolute Gasteiger partial charge is 0.353 e. The number of fused-ring (bicyclic) bond motifs is 2. The van der Waals surface area contributed by atoms with Crippen LogP contribution >= 0.6 is 0 Å². The van der Waals surface area contributed by atoms with Crippen molar-refractivity contribution in [3.63, 3.8) is 0 Å². The van der Waals surface area contributed by atoms with E-state index in [9.17, 15) is 0 Å². The maximum atomic E-state index is 6.11. The van der Waals surface area contributed by atoms with Crippen LogP contribution in [0.4, 0.5) is 0 Å². The van der Waals surface area contributed by atoms with Gasteiger partial charge in [0, 0.05) is 13.2 Å². The minimum absolute atomic E-state index is 0.0414. The third-order valence-corrected chi connectivity index (χ3v) is 6.41. The number of hydrogen-bond donors (Lipinski definition) is 0. The molecule has 4 heteroatoms. The summed E-state index contributed by atoms with van der Waals surface area (Å²) in [5, 5.41) is 0. The molecule has 5 aliphatic rings. The van der Waals surface area contributed by atoms with Gasteiger partial charge in [-0.3, -0.25) is 0 Å². The molecule has 2 bridgehead atoms. The van der Waals surface area contributed by atoms with E-state index < -0.39 is 0 Å². The van der Waals surface area contributed by atoms with Crippen LogP contribution in [0.25, 0.3) is 0 Å². The molecule has 2 saturated heterocycles. The lowest BCUT2D eigenvalue weighted by atomic mass is 9.56. The lowest BCUT2D eigenvalue weighted by Crippen LogP contribution is -2.51. The standard InChI is InChI=1S/C20H32O4/c1-2-8-16-17(13-23-19-9-3-5-11-21-19)15(7-1)18(16)14-24-20-10-4-6-12-22-20/h1-2,15-20H,3-14H2. The van der Waals surface area contributed by atoms with E-state index in [-0.39, 0.29) is 12.6 Å². The Kier molecular flexibility index (Phi) is 5.89. The van der Waals surface area contributed by atoms with Crippen LogP contribution in [0.2, 0.25) is 0 Å². The Labute approximate surface area is 145 Å². The van der Waals surface area contributed by atoms with Crippen molar-refractivity contribution in [3.05, 3.63) is 12.2 Å². The first-order valence-corrected chi connectivity index (χ1v) is 10.0. The van der Waals surface area contributed by atoms with Crippen LogP contribution in [0.3, 0.4) is 0 Å². The van der Waals surface area contributed by atoms with E-state index in [1.807, 2.05) is 0 Å². The third kappa shape index (κ3) is 3.87. The maximum Gasteiger partial charge on any atom is 0.157 e. The summed E-state index contributed by atoms with van der Waals surface area (Å²) in [6.45, 7) is 3.44.